The quantitative estimate of drug-likeness (QED) is 0.630. The Morgan fingerprint density at radius 2 is 1.30 bits per heavy atom. The second kappa shape index (κ2) is 8.28. The zero-order valence-corrected chi connectivity index (χ0v) is 13.3. The Labute approximate surface area is 137 Å². The van der Waals surface area contributed by atoms with Crippen LogP contribution in [0.2, 0.25) is 0 Å². The Balaban J connectivity index is 0.000000136. The Bertz CT molecular complexity index is 622. The third-order valence-electron chi connectivity index (χ3n) is 4.28. The molecule has 0 N–H and O–H groups in total. The summed E-state index contributed by atoms with van der Waals surface area (Å²) in [5.74, 6) is 0.620. The first-order valence-corrected chi connectivity index (χ1v) is 8.31. The first kappa shape index (κ1) is 15.5. The van der Waals surface area contributed by atoms with E-state index in [9.17, 15) is 0 Å². The van der Waals surface area contributed by atoms with Crippen molar-refractivity contribution in [2.24, 2.45) is 0 Å². The topological polar surface area (TPSA) is 38.9 Å². The molecule has 3 aromatic rings. The summed E-state index contributed by atoms with van der Waals surface area (Å²) in [5.41, 5.74) is 3.60. The van der Waals surface area contributed by atoms with Gasteiger partial charge in [0, 0.05) is 11.2 Å². The molecular weight excluding hydrogens is 284 g/mol. The van der Waals surface area contributed by atoms with Gasteiger partial charge in [0.1, 0.15) is 12.0 Å². The van der Waals surface area contributed by atoms with Crippen molar-refractivity contribution in [1.82, 2.24) is 10.4 Å². The molecule has 3 nitrogen and oxygen atoms in total. The van der Waals surface area contributed by atoms with E-state index in [2.05, 4.69) is 58.9 Å². The van der Waals surface area contributed by atoms with Gasteiger partial charge >= 0.3 is 0 Å². The van der Waals surface area contributed by atoms with Gasteiger partial charge in [0.25, 0.3) is 0 Å². The van der Waals surface area contributed by atoms with Crippen molar-refractivity contribution in [2.75, 3.05) is 0 Å². The summed E-state index contributed by atoms with van der Waals surface area (Å²) >= 11 is 0. The molecule has 2 aromatic carbocycles. The Kier molecular flexibility index (Phi) is 5.57. The molecule has 118 valence electrons. The van der Waals surface area contributed by atoms with Crippen molar-refractivity contribution in [3.05, 3.63) is 72.6 Å². The van der Waals surface area contributed by atoms with Gasteiger partial charge in [-0.1, -0.05) is 79.9 Å². The van der Waals surface area contributed by atoms with Gasteiger partial charge in [-0.2, -0.15) is 0 Å². The van der Waals surface area contributed by atoms with Crippen LogP contribution in [0.4, 0.5) is 0 Å². The van der Waals surface area contributed by atoms with Crippen molar-refractivity contribution in [3.63, 3.8) is 0 Å². The molecule has 0 saturated heterocycles. The lowest BCUT2D eigenvalue weighted by Crippen LogP contribution is -2.04. The van der Waals surface area contributed by atoms with Crippen LogP contribution < -0.4 is 0 Å². The van der Waals surface area contributed by atoms with Crippen LogP contribution in [0.3, 0.4) is 0 Å². The van der Waals surface area contributed by atoms with Gasteiger partial charge in [-0.15, -0.1) is 5.10 Å². The van der Waals surface area contributed by atoms with Gasteiger partial charge in [-0.25, -0.2) is 0 Å². The van der Waals surface area contributed by atoms with Gasteiger partial charge in [0.15, 0.2) is 0 Å². The number of hydrogen-bond donors (Lipinski definition) is 0. The van der Waals surface area contributed by atoms with Crippen LogP contribution in [-0.4, -0.2) is 10.4 Å². The average molecular weight is 306 g/mol. The Hall–Kier alpha value is -2.42. The summed E-state index contributed by atoms with van der Waals surface area (Å²) in [4.78, 5) is 0. The molecule has 4 rings (SSSR count). The normalized spacial score (nSPS) is 14.8. The number of aromatic nitrogens is 2. The minimum absolute atomic E-state index is 0.620. The van der Waals surface area contributed by atoms with E-state index in [0.717, 1.165) is 5.69 Å². The monoisotopic (exact) mass is 306 g/mol. The number of rotatable bonds is 2. The molecular formula is C20H22N2O. The van der Waals surface area contributed by atoms with Crippen molar-refractivity contribution in [2.45, 2.75) is 38.0 Å². The minimum Gasteiger partial charge on any atom is -0.345 e. The summed E-state index contributed by atoms with van der Waals surface area (Å²) in [6.07, 6.45) is 8.23. The van der Waals surface area contributed by atoms with E-state index in [1.165, 1.54) is 43.2 Å². The Morgan fingerprint density at radius 1 is 0.739 bits per heavy atom. The number of nitrogens with zero attached hydrogens (tertiary/aromatic N) is 2. The third-order valence-corrected chi connectivity index (χ3v) is 4.28. The first-order chi connectivity index (χ1) is 11.4. The summed E-state index contributed by atoms with van der Waals surface area (Å²) in [7, 11) is 0. The molecule has 0 aliphatic heterocycles. The largest absolute Gasteiger partial charge is 0.345 e. The average Bonchev–Trinajstić information content (AvgIpc) is 3.19. The second-order valence-corrected chi connectivity index (χ2v) is 5.90. The highest BCUT2D eigenvalue weighted by atomic mass is 16.5. The van der Waals surface area contributed by atoms with Crippen LogP contribution in [-0.2, 0) is 0 Å². The lowest BCUT2D eigenvalue weighted by molar-refractivity contribution is 0.392. The van der Waals surface area contributed by atoms with Crippen molar-refractivity contribution < 1.29 is 4.52 Å². The van der Waals surface area contributed by atoms with Crippen LogP contribution in [0.1, 0.15) is 43.7 Å². The lowest BCUT2D eigenvalue weighted by Gasteiger charge is -2.17. The highest BCUT2D eigenvalue weighted by Crippen LogP contribution is 2.30. The zero-order chi connectivity index (χ0) is 15.7. The maximum absolute atomic E-state index is 4.71. The van der Waals surface area contributed by atoms with Crippen LogP contribution >= 0.6 is 0 Å². The molecule has 0 atom stereocenters. The second-order valence-electron chi connectivity index (χ2n) is 5.90. The summed E-state index contributed by atoms with van der Waals surface area (Å²) < 4.78 is 4.71. The van der Waals surface area contributed by atoms with E-state index in [-0.39, 0.29) is 0 Å². The summed E-state index contributed by atoms with van der Waals surface area (Å²) in [6, 6.07) is 20.8. The van der Waals surface area contributed by atoms with Gasteiger partial charge in [0.2, 0.25) is 0 Å². The predicted molar refractivity (Wildman–Crippen MR) is 92.0 cm³/mol. The fourth-order valence-electron chi connectivity index (χ4n) is 3.01. The highest BCUT2D eigenvalue weighted by molar-refractivity contribution is 5.62. The van der Waals surface area contributed by atoms with E-state index in [4.69, 9.17) is 4.52 Å². The van der Waals surface area contributed by atoms with Crippen LogP contribution in [0.15, 0.2) is 71.4 Å². The maximum Gasteiger partial charge on any atom is 0.147 e. The fraction of sp³-hybridized carbons (Fsp3) is 0.300. The lowest BCUT2D eigenvalue weighted by atomic mass is 9.87. The third kappa shape index (κ3) is 4.52. The molecule has 1 aromatic heterocycles. The zero-order valence-electron chi connectivity index (χ0n) is 13.3. The van der Waals surface area contributed by atoms with Gasteiger partial charge in [0.05, 0.1) is 0 Å². The molecule has 0 amide bonds. The van der Waals surface area contributed by atoms with Gasteiger partial charge in [-0.3, -0.25) is 0 Å². The summed E-state index contributed by atoms with van der Waals surface area (Å²) in [5, 5.41) is 7.40. The van der Waals surface area contributed by atoms with E-state index in [1.807, 2.05) is 12.1 Å². The van der Waals surface area contributed by atoms with E-state index in [1.54, 1.807) is 6.26 Å². The molecule has 1 fully saturated rings. The molecule has 1 aliphatic carbocycles. The van der Waals surface area contributed by atoms with Gasteiger partial charge in [-0.05, 0) is 24.0 Å². The molecule has 3 heteroatoms. The predicted octanol–water partition coefficient (Wildman–Crippen LogP) is 5.47. The highest BCUT2D eigenvalue weighted by Gasteiger charge is 2.17. The molecule has 1 saturated carbocycles. The van der Waals surface area contributed by atoms with Gasteiger partial charge < -0.3 is 4.52 Å². The molecule has 0 spiro atoms. The minimum atomic E-state index is 0.620. The van der Waals surface area contributed by atoms with E-state index in [0.29, 0.717) is 5.92 Å². The smallest absolute Gasteiger partial charge is 0.147 e. The fourth-order valence-corrected chi connectivity index (χ4v) is 3.01. The van der Waals surface area contributed by atoms with Crippen LogP contribution in [0.5, 0.6) is 0 Å². The number of hydrogen-bond acceptors (Lipinski definition) is 3. The standard InChI is InChI=1S/C12H10.C8H12N2O/c1-3-7-11(8-4-1)12-9-5-2-6-10-12;1-2-4-7(5-3-1)8-6-11-10-9-8/h1-10H;6-7H,1-5H2. The summed E-state index contributed by atoms with van der Waals surface area (Å²) in [6.45, 7) is 0. The molecule has 0 radical (unpaired) electrons. The van der Waals surface area contributed by atoms with E-state index < -0.39 is 0 Å². The first-order valence-electron chi connectivity index (χ1n) is 8.31. The SMILES string of the molecule is c1ccc(-c2ccccc2)cc1.c1onnc1C1CCCCC1. The van der Waals surface area contributed by atoms with Crippen molar-refractivity contribution in [3.8, 4) is 11.1 Å². The van der Waals surface area contributed by atoms with Crippen LogP contribution in [0.25, 0.3) is 11.1 Å². The molecule has 1 aliphatic rings. The van der Waals surface area contributed by atoms with Crippen LogP contribution in [0, 0.1) is 0 Å². The Morgan fingerprint density at radius 3 is 1.78 bits per heavy atom. The molecule has 0 unspecified atom stereocenters. The molecule has 0 bridgehead atoms. The van der Waals surface area contributed by atoms with Crippen molar-refractivity contribution >= 4 is 0 Å². The van der Waals surface area contributed by atoms with E-state index >= 15 is 0 Å². The maximum atomic E-state index is 4.71. The molecule has 23 heavy (non-hydrogen) atoms. The molecule has 1 heterocycles. The number of benzene rings is 2. The van der Waals surface area contributed by atoms with Crippen molar-refractivity contribution in [1.29, 1.82) is 0 Å².